The van der Waals surface area contributed by atoms with E-state index in [1.807, 2.05) is 35.2 Å². The van der Waals surface area contributed by atoms with Gasteiger partial charge in [0.15, 0.2) is 0 Å². The maximum Gasteiger partial charge on any atom is 0.325 e. The summed E-state index contributed by atoms with van der Waals surface area (Å²) >= 11 is 0. The van der Waals surface area contributed by atoms with Crippen molar-refractivity contribution in [3.63, 3.8) is 0 Å². The van der Waals surface area contributed by atoms with Crippen LogP contribution in [0.4, 0.5) is 4.79 Å². The number of urea groups is 1. The highest BCUT2D eigenvalue weighted by Gasteiger charge is 2.51. The minimum absolute atomic E-state index is 0.132. The Morgan fingerprint density at radius 2 is 1.94 bits per heavy atom. The number of aryl methyl sites for hydroxylation is 1. The molecule has 2 aliphatic heterocycles. The average Bonchev–Trinajstić information content (AvgIpc) is 3.48. The zero-order valence-electron chi connectivity index (χ0n) is 21.0. The number of fused-ring (bicyclic) bond motifs is 4. The molecule has 36 heavy (non-hydrogen) atoms. The van der Waals surface area contributed by atoms with E-state index >= 15 is 0 Å². The van der Waals surface area contributed by atoms with E-state index in [1.165, 1.54) is 16.5 Å². The van der Waals surface area contributed by atoms with Gasteiger partial charge in [-0.1, -0.05) is 36.4 Å². The quantitative estimate of drug-likeness (QED) is 0.495. The van der Waals surface area contributed by atoms with Crippen molar-refractivity contribution in [2.75, 3.05) is 45.9 Å². The van der Waals surface area contributed by atoms with Crippen LogP contribution in [0.5, 0.6) is 5.75 Å². The number of hydrogen-bond donors (Lipinski definition) is 2. The molecule has 2 aliphatic rings. The third-order valence-corrected chi connectivity index (χ3v) is 7.40. The summed E-state index contributed by atoms with van der Waals surface area (Å²) in [5.74, 6) is 0.433. The second-order valence-electron chi connectivity index (χ2n) is 9.56. The van der Waals surface area contributed by atoms with Gasteiger partial charge in [-0.25, -0.2) is 4.79 Å². The van der Waals surface area contributed by atoms with Crippen molar-refractivity contribution < 1.29 is 19.1 Å². The summed E-state index contributed by atoms with van der Waals surface area (Å²) in [5.41, 5.74) is 4.26. The molecule has 0 saturated carbocycles. The maximum absolute atomic E-state index is 13.4. The number of aromatic amines is 1. The lowest BCUT2D eigenvalue weighted by molar-refractivity contribution is -0.141. The molecule has 1 fully saturated rings. The summed E-state index contributed by atoms with van der Waals surface area (Å²) in [6, 6.07) is 16.0. The zero-order chi connectivity index (χ0) is 25.1. The van der Waals surface area contributed by atoms with Gasteiger partial charge < -0.3 is 24.7 Å². The van der Waals surface area contributed by atoms with E-state index in [1.54, 1.807) is 6.92 Å². The molecule has 1 saturated heterocycles. The zero-order valence-corrected chi connectivity index (χ0v) is 21.0. The summed E-state index contributed by atoms with van der Waals surface area (Å²) < 4.78 is 10.9. The Labute approximate surface area is 211 Å². The van der Waals surface area contributed by atoms with Crippen molar-refractivity contribution >= 4 is 22.9 Å². The first-order chi connectivity index (χ1) is 17.5. The number of ether oxygens (including phenoxy) is 2. The fourth-order valence-electron chi connectivity index (χ4n) is 5.70. The van der Waals surface area contributed by atoms with E-state index < -0.39 is 11.5 Å². The van der Waals surface area contributed by atoms with Crippen LogP contribution in [-0.2, 0) is 21.5 Å². The van der Waals surface area contributed by atoms with Gasteiger partial charge >= 0.3 is 12.0 Å². The number of esters is 1. The lowest BCUT2D eigenvalue weighted by Gasteiger charge is -2.44. The summed E-state index contributed by atoms with van der Waals surface area (Å²) in [6.07, 6.45) is 1.58. The fourth-order valence-corrected chi connectivity index (χ4v) is 5.70. The lowest BCUT2D eigenvalue weighted by Crippen LogP contribution is -2.58. The summed E-state index contributed by atoms with van der Waals surface area (Å²) in [6.45, 7) is 7.53. The van der Waals surface area contributed by atoms with Crippen molar-refractivity contribution in [1.82, 2.24) is 20.1 Å². The Morgan fingerprint density at radius 1 is 1.11 bits per heavy atom. The standard InChI is InChI=1S/C28H34N4O4/c1-3-35-24(33)18-29-27(34)32-14-12-23-22-11-7-8-20(2)25(22)30-26(23)28(32)13-15-31(19-28)16-17-36-21-9-5-4-6-10-21/h4-11,30H,3,12-19H2,1-2H3,(H,29,34). The van der Waals surface area contributed by atoms with Crippen molar-refractivity contribution in [3.05, 3.63) is 65.4 Å². The van der Waals surface area contributed by atoms with Crippen LogP contribution in [0.2, 0.25) is 0 Å². The Balaban J connectivity index is 1.39. The van der Waals surface area contributed by atoms with Crippen LogP contribution < -0.4 is 10.1 Å². The molecule has 1 spiro atoms. The van der Waals surface area contributed by atoms with E-state index in [-0.39, 0.29) is 12.6 Å². The number of benzene rings is 2. The van der Waals surface area contributed by atoms with Crippen LogP contribution in [0.1, 0.15) is 30.2 Å². The summed E-state index contributed by atoms with van der Waals surface area (Å²) in [7, 11) is 0. The smallest absolute Gasteiger partial charge is 0.325 e. The Bertz CT molecular complexity index is 1240. The molecule has 0 aliphatic carbocycles. The SMILES string of the molecule is CCOC(=O)CNC(=O)N1CCc2c([nH]c3c(C)cccc23)C12CCN(CCOc1ccccc1)C2. The topological polar surface area (TPSA) is 86.9 Å². The molecule has 2 amide bonds. The molecule has 0 radical (unpaired) electrons. The number of rotatable bonds is 7. The van der Waals surface area contributed by atoms with Gasteiger partial charge in [0.05, 0.1) is 12.1 Å². The highest BCUT2D eigenvalue weighted by atomic mass is 16.5. The number of aromatic nitrogens is 1. The van der Waals surface area contributed by atoms with Crippen molar-refractivity contribution in [2.24, 2.45) is 0 Å². The van der Waals surface area contributed by atoms with E-state index in [2.05, 4.69) is 40.3 Å². The predicted octanol–water partition coefficient (Wildman–Crippen LogP) is 3.59. The molecule has 2 aromatic carbocycles. The summed E-state index contributed by atoms with van der Waals surface area (Å²) in [5, 5.41) is 4.04. The van der Waals surface area contributed by atoms with E-state index in [0.717, 1.165) is 42.9 Å². The summed E-state index contributed by atoms with van der Waals surface area (Å²) in [4.78, 5) is 33.3. The van der Waals surface area contributed by atoms with Gasteiger partial charge in [0, 0.05) is 42.8 Å². The van der Waals surface area contributed by atoms with Gasteiger partial charge in [-0.05, 0) is 49.9 Å². The van der Waals surface area contributed by atoms with Crippen LogP contribution in [0.3, 0.4) is 0 Å². The first-order valence-electron chi connectivity index (χ1n) is 12.7. The van der Waals surface area contributed by atoms with Crippen LogP contribution in [0, 0.1) is 6.92 Å². The highest BCUT2D eigenvalue weighted by Crippen LogP contribution is 2.45. The number of hydrogen-bond acceptors (Lipinski definition) is 5. The number of likely N-dealkylation sites (tertiary alicyclic amines) is 1. The van der Waals surface area contributed by atoms with Gasteiger partial charge in [0.1, 0.15) is 18.9 Å². The van der Waals surface area contributed by atoms with Gasteiger partial charge in [-0.3, -0.25) is 9.69 Å². The molecule has 0 bridgehead atoms. The molecule has 190 valence electrons. The van der Waals surface area contributed by atoms with Crippen LogP contribution in [0.25, 0.3) is 10.9 Å². The first kappa shape index (κ1) is 24.2. The van der Waals surface area contributed by atoms with Crippen LogP contribution in [-0.4, -0.2) is 72.7 Å². The van der Waals surface area contributed by atoms with Gasteiger partial charge in [0.2, 0.25) is 0 Å². The van der Waals surface area contributed by atoms with Gasteiger partial charge in [0.25, 0.3) is 0 Å². The number of carbonyl (C=O) groups excluding carboxylic acids is 2. The third kappa shape index (κ3) is 4.53. The number of para-hydroxylation sites is 2. The molecule has 1 unspecified atom stereocenters. The number of H-pyrrole nitrogens is 1. The molecular weight excluding hydrogens is 456 g/mol. The monoisotopic (exact) mass is 490 g/mol. The molecule has 3 aromatic rings. The molecule has 8 nitrogen and oxygen atoms in total. The molecule has 1 atom stereocenters. The second-order valence-corrected chi connectivity index (χ2v) is 9.56. The van der Waals surface area contributed by atoms with Crippen molar-refractivity contribution in [3.8, 4) is 5.75 Å². The molecule has 5 rings (SSSR count). The Hall–Kier alpha value is -3.52. The molecular formula is C28H34N4O4. The van der Waals surface area contributed by atoms with Crippen LogP contribution in [0.15, 0.2) is 48.5 Å². The van der Waals surface area contributed by atoms with E-state index in [4.69, 9.17) is 9.47 Å². The Kier molecular flexibility index (Phi) is 6.87. The fraction of sp³-hybridized carbons (Fsp3) is 0.429. The van der Waals surface area contributed by atoms with Crippen LogP contribution >= 0.6 is 0 Å². The second kappa shape index (κ2) is 10.2. The number of nitrogens with one attached hydrogen (secondary N) is 2. The first-order valence-corrected chi connectivity index (χ1v) is 12.7. The normalized spacial score (nSPS) is 19.4. The van der Waals surface area contributed by atoms with Crippen molar-refractivity contribution in [1.29, 1.82) is 0 Å². The minimum atomic E-state index is -0.496. The third-order valence-electron chi connectivity index (χ3n) is 7.40. The Morgan fingerprint density at radius 3 is 2.75 bits per heavy atom. The molecule has 8 heteroatoms. The number of amides is 2. The van der Waals surface area contributed by atoms with E-state index in [9.17, 15) is 9.59 Å². The van der Waals surface area contributed by atoms with Gasteiger partial charge in [-0.15, -0.1) is 0 Å². The van der Waals surface area contributed by atoms with E-state index in [0.29, 0.717) is 26.3 Å². The molecule has 2 N–H and O–H groups in total. The molecule has 1 aromatic heterocycles. The largest absolute Gasteiger partial charge is 0.492 e. The maximum atomic E-state index is 13.4. The predicted molar refractivity (Wildman–Crippen MR) is 138 cm³/mol. The van der Waals surface area contributed by atoms with Gasteiger partial charge in [-0.2, -0.15) is 0 Å². The molecule has 3 heterocycles. The number of nitrogens with zero attached hydrogens (tertiary/aromatic N) is 2. The minimum Gasteiger partial charge on any atom is -0.492 e. The average molecular weight is 491 g/mol. The lowest BCUT2D eigenvalue weighted by atomic mass is 9.84. The highest BCUT2D eigenvalue weighted by molar-refractivity contribution is 5.89. The van der Waals surface area contributed by atoms with Crippen molar-refractivity contribution in [2.45, 2.75) is 32.2 Å². The number of carbonyl (C=O) groups is 2.